The smallest absolute Gasteiger partial charge is 0.164 e. The summed E-state index contributed by atoms with van der Waals surface area (Å²) in [6, 6.07) is 63.0. The molecule has 10 aromatic carbocycles. The van der Waals surface area contributed by atoms with Gasteiger partial charge in [0.15, 0.2) is 17.5 Å². The first-order chi connectivity index (χ1) is 27.7. The summed E-state index contributed by atoms with van der Waals surface area (Å²) in [4.78, 5) is 20.0. The second-order valence-electron chi connectivity index (χ2n) is 14.6. The summed E-state index contributed by atoms with van der Waals surface area (Å²) in [6.07, 6.45) is 1.82. The summed E-state index contributed by atoms with van der Waals surface area (Å²) in [5.41, 5.74) is 5.90. The predicted octanol–water partition coefficient (Wildman–Crippen LogP) is 13.4. The zero-order chi connectivity index (χ0) is 36.7. The van der Waals surface area contributed by atoms with Gasteiger partial charge in [0.1, 0.15) is 0 Å². The molecule has 0 spiro atoms. The van der Waals surface area contributed by atoms with Crippen molar-refractivity contribution < 1.29 is 0 Å². The summed E-state index contributed by atoms with van der Waals surface area (Å²) in [5.74, 6) is 1.87. The number of hydrogen-bond acceptors (Lipinski definition) is 4. The Bertz CT molecular complexity index is 3530. The quantitative estimate of drug-likeness (QED) is 0.171. The third kappa shape index (κ3) is 4.66. The third-order valence-corrected chi connectivity index (χ3v) is 11.4. The Morgan fingerprint density at radius 1 is 0.286 bits per heavy atom. The van der Waals surface area contributed by atoms with E-state index < -0.39 is 0 Å². The molecule has 0 atom stereocenters. The molecule has 0 aliphatic rings. The summed E-state index contributed by atoms with van der Waals surface area (Å²) < 4.78 is 0. The van der Waals surface area contributed by atoms with Gasteiger partial charge in [0, 0.05) is 28.3 Å². The molecule has 0 radical (unpaired) electrons. The predicted molar refractivity (Wildman–Crippen MR) is 233 cm³/mol. The van der Waals surface area contributed by atoms with Gasteiger partial charge < -0.3 is 0 Å². The average Bonchev–Trinajstić information content (AvgIpc) is 3.27. The van der Waals surface area contributed by atoms with E-state index in [9.17, 15) is 0 Å². The fraction of sp³-hybridized carbons (Fsp3) is 0. The maximum atomic E-state index is 5.21. The van der Waals surface area contributed by atoms with Crippen molar-refractivity contribution in [2.45, 2.75) is 0 Å². The van der Waals surface area contributed by atoms with E-state index in [4.69, 9.17) is 15.0 Å². The number of benzene rings is 9. The maximum absolute atomic E-state index is 5.21. The second kappa shape index (κ2) is 12.0. The van der Waals surface area contributed by atoms with Gasteiger partial charge in [-0.15, -0.1) is 0 Å². The van der Waals surface area contributed by atoms with Crippen LogP contribution in [-0.4, -0.2) is 19.9 Å². The number of fused-ring (bicyclic) bond motifs is 3. The molecule has 4 heteroatoms. The molecule has 56 heavy (non-hydrogen) atoms. The van der Waals surface area contributed by atoms with Gasteiger partial charge in [0.2, 0.25) is 0 Å². The third-order valence-electron chi connectivity index (χ3n) is 11.4. The number of rotatable bonds is 4. The van der Waals surface area contributed by atoms with Gasteiger partial charge in [-0.05, 0) is 112 Å². The van der Waals surface area contributed by atoms with Crippen LogP contribution in [0.15, 0.2) is 182 Å². The highest BCUT2D eigenvalue weighted by molar-refractivity contribution is 6.37. The number of hydrogen-bond donors (Lipinski definition) is 0. The lowest BCUT2D eigenvalue weighted by Crippen LogP contribution is -2.01. The first kappa shape index (κ1) is 30.9. The Balaban J connectivity index is 1.16. The monoisotopic (exact) mass is 710 g/mol. The van der Waals surface area contributed by atoms with Crippen molar-refractivity contribution in [3.63, 3.8) is 0 Å². The zero-order valence-electron chi connectivity index (χ0n) is 30.1. The van der Waals surface area contributed by atoms with Crippen LogP contribution >= 0.6 is 0 Å². The van der Waals surface area contributed by atoms with Crippen molar-refractivity contribution in [1.82, 2.24) is 19.9 Å². The van der Waals surface area contributed by atoms with Crippen molar-refractivity contribution in [3.05, 3.63) is 182 Å². The first-order valence-electron chi connectivity index (χ1n) is 19.0. The van der Waals surface area contributed by atoms with Gasteiger partial charge in [0.25, 0.3) is 0 Å². The van der Waals surface area contributed by atoms with Crippen molar-refractivity contribution in [2.75, 3.05) is 0 Å². The van der Waals surface area contributed by atoms with Gasteiger partial charge in [-0.25, -0.2) is 15.0 Å². The second-order valence-corrected chi connectivity index (χ2v) is 14.6. The molecule has 2 aromatic heterocycles. The topological polar surface area (TPSA) is 51.6 Å². The molecule has 0 aliphatic carbocycles. The molecule has 0 fully saturated rings. The van der Waals surface area contributed by atoms with E-state index in [0.29, 0.717) is 17.5 Å². The highest BCUT2D eigenvalue weighted by Crippen LogP contribution is 2.45. The van der Waals surface area contributed by atoms with Crippen LogP contribution < -0.4 is 0 Å². The molecule has 258 valence electrons. The van der Waals surface area contributed by atoms with Crippen LogP contribution in [0.25, 0.3) is 121 Å². The summed E-state index contributed by atoms with van der Waals surface area (Å²) in [6.45, 7) is 0. The molecule has 0 N–H and O–H groups in total. The number of aromatic nitrogens is 4. The van der Waals surface area contributed by atoms with Crippen LogP contribution in [0.4, 0.5) is 0 Å². The first-order valence-corrected chi connectivity index (χ1v) is 19.0. The van der Waals surface area contributed by atoms with Gasteiger partial charge in [0.05, 0.1) is 5.52 Å². The van der Waals surface area contributed by atoms with E-state index in [1.165, 1.54) is 64.6 Å². The minimum Gasteiger partial charge on any atom is -0.256 e. The van der Waals surface area contributed by atoms with Crippen LogP contribution in [0.1, 0.15) is 0 Å². The van der Waals surface area contributed by atoms with Gasteiger partial charge >= 0.3 is 0 Å². The fourth-order valence-electron chi connectivity index (χ4n) is 8.93. The van der Waals surface area contributed by atoms with Crippen LogP contribution in [0.2, 0.25) is 0 Å². The van der Waals surface area contributed by atoms with Gasteiger partial charge in [-0.1, -0.05) is 140 Å². The van der Waals surface area contributed by atoms with Crippen molar-refractivity contribution >= 4 is 75.5 Å². The standard InChI is InChI=1S/C52H30N4/c1-2-10-34(11-3-1)50-54-51(37-25-26-45-35(28-37)15-9-27-53-45)56-52(55-50)43-17-5-4-16-39(43)38-29-36-24-23-33-13-7-19-41-40-18-6-12-31-21-22-32-14-8-20-42(48(32)46(31)40)44(30-38)49(36)47(33)41/h1-30H. The van der Waals surface area contributed by atoms with E-state index >= 15 is 0 Å². The van der Waals surface area contributed by atoms with Gasteiger partial charge in [-0.2, -0.15) is 0 Å². The van der Waals surface area contributed by atoms with Crippen molar-refractivity contribution in [2.24, 2.45) is 0 Å². The molecule has 0 unspecified atom stereocenters. The maximum Gasteiger partial charge on any atom is 0.164 e. The fourth-order valence-corrected chi connectivity index (χ4v) is 8.93. The Kier molecular flexibility index (Phi) is 6.60. The summed E-state index contributed by atoms with van der Waals surface area (Å²) in [7, 11) is 0. The molecule has 12 aromatic rings. The number of nitrogens with zero attached hydrogens (tertiary/aromatic N) is 4. The lowest BCUT2D eigenvalue weighted by Gasteiger charge is -2.18. The molecule has 2 heterocycles. The van der Waals surface area contributed by atoms with Crippen molar-refractivity contribution in [3.8, 4) is 45.3 Å². The van der Waals surface area contributed by atoms with Crippen LogP contribution in [-0.2, 0) is 0 Å². The molecule has 0 aliphatic heterocycles. The Morgan fingerprint density at radius 3 is 1.52 bits per heavy atom. The number of pyridine rings is 1. The van der Waals surface area contributed by atoms with E-state index in [1.54, 1.807) is 0 Å². The van der Waals surface area contributed by atoms with E-state index in [2.05, 4.69) is 145 Å². The molecule has 0 saturated heterocycles. The highest BCUT2D eigenvalue weighted by Gasteiger charge is 2.19. The van der Waals surface area contributed by atoms with Gasteiger partial charge in [-0.3, -0.25) is 4.98 Å². The average molecular weight is 711 g/mol. The molecular weight excluding hydrogens is 681 g/mol. The molecule has 4 nitrogen and oxygen atoms in total. The van der Waals surface area contributed by atoms with Crippen LogP contribution in [0.3, 0.4) is 0 Å². The van der Waals surface area contributed by atoms with Crippen LogP contribution in [0, 0.1) is 0 Å². The molecular formula is C52H30N4. The lowest BCUT2D eigenvalue weighted by molar-refractivity contribution is 1.07. The summed E-state index contributed by atoms with van der Waals surface area (Å²) in [5, 5.41) is 16.1. The Labute approximate surface area is 321 Å². The summed E-state index contributed by atoms with van der Waals surface area (Å²) >= 11 is 0. The van der Waals surface area contributed by atoms with Crippen molar-refractivity contribution in [1.29, 1.82) is 0 Å². The SMILES string of the molecule is c1ccc(-c2nc(-c3ccc4ncccc4c3)nc(-c3ccccc3-c3cc4ccc5cccc6c7cccc8ccc9cccc(c(c3)c4c56)c9c87)n2)cc1. The minimum atomic E-state index is 0.619. The molecule has 0 saturated carbocycles. The van der Waals surface area contributed by atoms with E-state index in [-0.39, 0.29) is 0 Å². The lowest BCUT2D eigenvalue weighted by atomic mass is 9.86. The molecule has 0 amide bonds. The zero-order valence-corrected chi connectivity index (χ0v) is 30.1. The Hall–Kier alpha value is -7.56. The van der Waals surface area contributed by atoms with E-state index in [0.717, 1.165) is 38.7 Å². The Morgan fingerprint density at radius 2 is 0.821 bits per heavy atom. The highest BCUT2D eigenvalue weighted by atomic mass is 15.0. The minimum absolute atomic E-state index is 0.619. The van der Waals surface area contributed by atoms with E-state index in [1.807, 2.05) is 42.6 Å². The largest absolute Gasteiger partial charge is 0.256 e. The van der Waals surface area contributed by atoms with Crippen LogP contribution in [0.5, 0.6) is 0 Å². The molecule has 12 rings (SSSR count). The normalized spacial score (nSPS) is 11.9. The molecule has 0 bridgehead atoms.